The SMILES string of the molecule is COc1cc(C)c(Br)cc1C(N)c1scc(C)c1Cl. The fourth-order valence-corrected chi connectivity index (χ4v) is 3.58. The summed E-state index contributed by atoms with van der Waals surface area (Å²) in [6.45, 7) is 4.00. The zero-order valence-corrected chi connectivity index (χ0v) is 14.1. The third-order valence-corrected chi connectivity index (χ3v) is 5.71. The van der Waals surface area contributed by atoms with Crippen LogP contribution in [0.5, 0.6) is 5.75 Å². The molecule has 1 atom stereocenters. The van der Waals surface area contributed by atoms with Crippen molar-refractivity contribution < 1.29 is 4.74 Å². The minimum atomic E-state index is -0.280. The fourth-order valence-electron chi connectivity index (χ4n) is 1.89. The minimum Gasteiger partial charge on any atom is -0.496 e. The molecule has 0 spiro atoms. The highest BCUT2D eigenvalue weighted by Gasteiger charge is 2.20. The highest BCUT2D eigenvalue weighted by Crippen LogP contribution is 2.39. The van der Waals surface area contributed by atoms with E-state index >= 15 is 0 Å². The van der Waals surface area contributed by atoms with Gasteiger partial charge in [0.25, 0.3) is 0 Å². The molecule has 2 nitrogen and oxygen atoms in total. The Morgan fingerprint density at radius 3 is 2.53 bits per heavy atom. The number of thiophene rings is 1. The molecule has 5 heteroatoms. The maximum Gasteiger partial charge on any atom is 0.124 e. The maximum atomic E-state index is 6.35. The van der Waals surface area contributed by atoms with Crippen LogP contribution in [0.3, 0.4) is 0 Å². The van der Waals surface area contributed by atoms with Gasteiger partial charge in [-0.1, -0.05) is 27.5 Å². The zero-order chi connectivity index (χ0) is 14.2. The van der Waals surface area contributed by atoms with Crippen LogP contribution in [0, 0.1) is 13.8 Å². The second-order valence-corrected chi connectivity index (χ2v) is 6.56. The number of hydrogen-bond acceptors (Lipinski definition) is 3. The van der Waals surface area contributed by atoms with Crippen LogP contribution in [-0.4, -0.2) is 7.11 Å². The van der Waals surface area contributed by atoms with Gasteiger partial charge in [-0.3, -0.25) is 0 Å². The second-order valence-electron chi connectivity index (χ2n) is 4.42. The van der Waals surface area contributed by atoms with Gasteiger partial charge in [-0.05, 0) is 42.5 Å². The summed E-state index contributed by atoms with van der Waals surface area (Å²) in [6.07, 6.45) is 0. The Hall–Kier alpha value is -0.550. The molecule has 0 amide bonds. The van der Waals surface area contributed by atoms with Gasteiger partial charge >= 0.3 is 0 Å². The lowest BCUT2D eigenvalue weighted by Crippen LogP contribution is -2.12. The average molecular weight is 361 g/mol. The number of benzene rings is 1. The molecule has 0 fully saturated rings. The molecule has 2 N–H and O–H groups in total. The molecule has 0 aliphatic heterocycles. The summed E-state index contributed by atoms with van der Waals surface area (Å²) < 4.78 is 6.45. The van der Waals surface area contributed by atoms with E-state index in [4.69, 9.17) is 22.1 Å². The number of hydrogen-bond donors (Lipinski definition) is 1. The van der Waals surface area contributed by atoms with Gasteiger partial charge in [0.1, 0.15) is 5.75 Å². The van der Waals surface area contributed by atoms with Crippen LogP contribution in [0.4, 0.5) is 0 Å². The smallest absolute Gasteiger partial charge is 0.124 e. The molecule has 2 aromatic rings. The van der Waals surface area contributed by atoms with E-state index in [0.717, 1.165) is 36.8 Å². The maximum absolute atomic E-state index is 6.35. The van der Waals surface area contributed by atoms with Crippen LogP contribution in [0.25, 0.3) is 0 Å². The third kappa shape index (κ3) is 2.82. The van der Waals surface area contributed by atoms with E-state index in [1.54, 1.807) is 18.4 Å². The summed E-state index contributed by atoms with van der Waals surface area (Å²) in [7, 11) is 1.65. The normalized spacial score (nSPS) is 12.5. The van der Waals surface area contributed by atoms with Crippen molar-refractivity contribution in [3.8, 4) is 5.75 Å². The first-order valence-electron chi connectivity index (χ1n) is 5.78. The molecule has 2 rings (SSSR count). The molecule has 1 unspecified atom stereocenters. The molecule has 0 aliphatic carbocycles. The number of rotatable bonds is 3. The van der Waals surface area contributed by atoms with Gasteiger partial charge in [0.2, 0.25) is 0 Å². The van der Waals surface area contributed by atoms with Gasteiger partial charge in [0, 0.05) is 14.9 Å². The van der Waals surface area contributed by atoms with Crippen molar-refractivity contribution in [3.63, 3.8) is 0 Å². The largest absolute Gasteiger partial charge is 0.496 e. The molecule has 1 aromatic heterocycles. The summed E-state index contributed by atoms with van der Waals surface area (Å²) in [4.78, 5) is 0.966. The Bertz CT molecular complexity index is 612. The van der Waals surface area contributed by atoms with Crippen LogP contribution in [0.2, 0.25) is 5.02 Å². The quantitative estimate of drug-likeness (QED) is 0.850. The summed E-state index contributed by atoms with van der Waals surface area (Å²) in [5.74, 6) is 0.787. The number of ether oxygens (including phenoxy) is 1. The molecular weight excluding hydrogens is 346 g/mol. The lowest BCUT2D eigenvalue weighted by atomic mass is 10.0. The first-order chi connectivity index (χ1) is 8.95. The molecule has 19 heavy (non-hydrogen) atoms. The predicted octanol–water partition coefficient (Wildman–Crippen LogP) is 4.84. The van der Waals surface area contributed by atoms with Gasteiger partial charge in [0.05, 0.1) is 18.2 Å². The standard InChI is InChI=1S/C14H15BrClNOS/c1-7-4-11(18-3)9(5-10(7)15)13(17)14-12(16)8(2)6-19-14/h4-6,13H,17H2,1-3H3. The summed E-state index contributed by atoms with van der Waals surface area (Å²) >= 11 is 11.4. The van der Waals surface area contributed by atoms with Crippen molar-refractivity contribution in [1.29, 1.82) is 0 Å². The van der Waals surface area contributed by atoms with Crippen LogP contribution in [0.15, 0.2) is 22.0 Å². The Balaban J connectivity index is 2.52. The second kappa shape index (κ2) is 5.83. The molecule has 1 heterocycles. The van der Waals surface area contributed by atoms with Crippen molar-refractivity contribution in [2.24, 2.45) is 5.73 Å². The number of methoxy groups -OCH3 is 1. The Morgan fingerprint density at radius 1 is 1.32 bits per heavy atom. The molecule has 0 radical (unpaired) electrons. The minimum absolute atomic E-state index is 0.280. The van der Waals surface area contributed by atoms with E-state index in [0.29, 0.717) is 0 Å². The first kappa shape index (κ1) is 14.9. The molecule has 0 bridgehead atoms. The van der Waals surface area contributed by atoms with E-state index in [1.807, 2.05) is 31.4 Å². The lowest BCUT2D eigenvalue weighted by Gasteiger charge is -2.17. The van der Waals surface area contributed by atoms with Gasteiger partial charge in [0.15, 0.2) is 0 Å². The Kier molecular flexibility index (Phi) is 4.56. The van der Waals surface area contributed by atoms with Crippen molar-refractivity contribution in [1.82, 2.24) is 0 Å². The highest BCUT2D eigenvalue weighted by atomic mass is 79.9. The average Bonchev–Trinajstić information content (AvgIpc) is 2.72. The zero-order valence-electron chi connectivity index (χ0n) is 11.0. The van der Waals surface area contributed by atoms with Gasteiger partial charge in [-0.15, -0.1) is 11.3 Å². The predicted molar refractivity (Wildman–Crippen MR) is 85.5 cm³/mol. The summed E-state index contributed by atoms with van der Waals surface area (Å²) in [5.41, 5.74) is 9.45. The van der Waals surface area contributed by atoms with Crippen molar-refractivity contribution in [3.05, 3.63) is 48.6 Å². The van der Waals surface area contributed by atoms with Crippen molar-refractivity contribution >= 4 is 38.9 Å². The summed E-state index contributed by atoms with van der Waals surface area (Å²) in [5, 5.41) is 2.77. The monoisotopic (exact) mass is 359 g/mol. The first-order valence-corrected chi connectivity index (χ1v) is 7.83. The fraction of sp³-hybridized carbons (Fsp3) is 0.286. The van der Waals surface area contributed by atoms with Gasteiger partial charge in [-0.25, -0.2) is 0 Å². The molecular formula is C14H15BrClNOS. The van der Waals surface area contributed by atoms with E-state index in [2.05, 4.69) is 15.9 Å². The summed E-state index contributed by atoms with van der Waals surface area (Å²) in [6, 6.07) is 3.70. The molecule has 1 aromatic carbocycles. The molecule has 0 saturated carbocycles. The van der Waals surface area contributed by atoms with E-state index in [-0.39, 0.29) is 6.04 Å². The third-order valence-electron chi connectivity index (χ3n) is 3.05. The lowest BCUT2D eigenvalue weighted by molar-refractivity contribution is 0.407. The Labute approximate surface area is 130 Å². The number of nitrogens with two attached hydrogens (primary N) is 1. The van der Waals surface area contributed by atoms with Gasteiger partial charge < -0.3 is 10.5 Å². The van der Waals surface area contributed by atoms with E-state index < -0.39 is 0 Å². The van der Waals surface area contributed by atoms with Crippen molar-refractivity contribution in [2.75, 3.05) is 7.11 Å². The van der Waals surface area contributed by atoms with Gasteiger partial charge in [-0.2, -0.15) is 0 Å². The topological polar surface area (TPSA) is 35.2 Å². The number of aryl methyl sites for hydroxylation is 2. The van der Waals surface area contributed by atoms with Crippen molar-refractivity contribution in [2.45, 2.75) is 19.9 Å². The number of halogens is 2. The Morgan fingerprint density at radius 2 is 2.00 bits per heavy atom. The van der Waals surface area contributed by atoms with E-state index in [9.17, 15) is 0 Å². The van der Waals surface area contributed by atoms with E-state index in [1.165, 1.54) is 0 Å². The van der Waals surface area contributed by atoms with Crippen LogP contribution < -0.4 is 10.5 Å². The molecule has 0 saturated heterocycles. The van der Waals surface area contributed by atoms with Crippen LogP contribution >= 0.6 is 38.9 Å². The molecule has 0 aliphatic rings. The molecule has 102 valence electrons. The van der Waals surface area contributed by atoms with Crippen LogP contribution in [0.1, 0.15) is 27.6 Å². The highest BCUT2D eigenvalue weighted by molar-refractivity contribution is 9.10. The van der Waals surface area contributed by atoms with Crippen LogP contribution in [-0.2, 0) is 0 Å².